The quantitative estimate of drug-likeness (QED) is 0.534. The predicted octanol–water partition coefficient (Wildman–Crippen LogP) is 2.76. The summed E-state index contributed by atoms with van der Waals surface area (Å²) in [6.07, 6.45) is 3.32. The first-order valence-electron chi connectivity index (χ1n) is 4.22. The van der Waals surface area contributed by atoms with Crippen LogP contribution in [-0.2, 0) is 0 Å². The van der Waals surface area contributed by atoms with Crippen molar-refractivity contribution in [1.82, 2.24) is 0 Å². The van der Waals surface area contributed by atoms with E-state index in [-0.39, 0.29) is 0 Å². The maximum atomic E-state index is 4.22. The monoisotopic (exact) mass is 141 g/mol. The number of aliphatic imine (C=N–C) groups is 1. The minimum absolute atomic E-state index is 0.643. The normalized spacial score (nSPS) is 17.6. The van der Waals surface area contributed by atoms with Crippen LogP contribution in [0.2, 0.25) is 0 Å². The van der Waals surface area contributed by atoms with E-state index < -0.39 is 0 Å². The zero-order chi connectivity index (χ0) is 7.98. The van der Waals surface area contributed by atoms with Crippen molar-refractivity contribution in [2.75, 3.05) is 6.54 Å². The Labute approximate surface area is 64.6 Å². The third kappa shape index (κ3) is 3.65. The van der Waals surface area contributed by atoms with E-state index in [0.29, 0.717) is 5.92 Å². The van der Waals surface area contributed by atoms with E-state index in [2.05, 4.69) is 38.9 Å². The second kappa shape index (κ2) is 5.45. The summed E-state index contributed by atoms with van der Waals surface area (Å²) < 4.78 is 0. The van der Waals surface area contributed by atoms with E-state index in [1.807, 2.05) is 0 Å². The van der Waals surface area contributed by atoms with Crippen molar-refractivity contribution >= 4 is 6.21 Å². The first-order chi connectivity index (χ1) is 4.72. The van der Waals surface area contributed by atoms with Gasteiger partial charge in [-0.15, -0.1) is 0 Å². The van der Waals surface area contributed by atoms with E-state index in [1.165, 1.54) is 6.42 Å². The Bertz CT molecular complexity index is 96.9. The zero-order valence-electron chi connectivity index (χ0n) is 7.59. The topological polar surface area (TPSA) is 12.4 Å². The molecule has 0 bridgehead atoms. The van der Waals surface area contributed by atoms with Crippen LogP contribution in [0.5, 0.6) is 0 Å². The molecule has 0 rings (SSSR count). The molecule has 0 aliphatic carbocycles. The summed E-state index contributed by atoms with van der Waals surface area (Å²) in [5.74, 6) is 1.42. The van der Waals surface area contributed by atoms with Gasteiger partial charge in [0.05, 0.1) is 0 Å². The van der Waals surface area contributed by atoms with Gasteiger partial charge in [0.2, 0.25) is 0 Å². The van der Waals surface area contributed by atoms with Gasteiger partial charge in [-0.2, -0.15) is 0 Å². The van der Waals surface area contributed by atoms with Crippen LogP contribution in [0, 0.1) is 11.8 Å². The van der Waals surface area contributed by atoms with Crippen molar-refractivity contribution in [2.24, 2.45) is 16.8 Å². The largest absolute Gasteiger partial charge is 0.298 e. The van der Waals surface area contributed by atoms with Crippen molar-refractivity contribution in [2.45, 2.75) is 34.1 Å². The smallest absolute Gasteiger partial charge is 0.0357 e. The highest BCUT2D eigenvalue weighted by molar-refractivity contribution is 5.60. The average Bonchev–Trinajstić information content (AvgIpc) is 1.98. The third-order valence-electron chi connectivity index (χ3n) is 2.06. The standard InChI is InChI=1S/C9H19N/c1-5-8(3)9(4)7-10-6-2/h7-9H,5-6H2,1-4H3. The zero-order valence-corrected chi connectivity index (χ0v) is 7.59. The van der Waals surface area contributed by atoms with Gasteiger partial charge >= 0.3 is 0 Å². The summed E-state index contributed by atoms with van der Waals surface area (Å²) >= 11 is 0. The molecule has 0 saturated carbocycles. The number of hydrogen-bond donors (Lipinski definition) is 0. The minimum Gasteiger partial charge on any atom is -0.298 e. The van der Waals surface area contributed by atoms with E-state index in [0.717, 1.165) is 12.5 Å². The van der Waals surface area contributed by atoms with Crippen LogP contribution >= 0.6 is 0 Å². The predicted molar refractivity (Wildman–Crippen MR) is 47.7 cm³/mol. The van der Waals surface area contributed by atoms with Gasteiger partial charge in [0.1, 0.15) is 0 Å². The lowest BCUT2D eigenvalue weighted by Crippen LogP contribution is -2.07. The van der Waals surface area contributed by atoms with Crippen LogP contribution < -0.4 is 0 Å². The summed E-state index contributed by atoms with van der Waals surface area (Å²) in [7, 11) is 0. The van der Waals surface area contributed by atoms with E-state index in [4.69, 9.17) is 0 Å². The van der Waals surface area contributed by atoms with Gasteiger partial charge in [-0.05, 0) is 18.8 Å². The summed E-state index contributed by atoms with van der Waals surface area (Å²) in [6.45, 7) is 9.71. The van der Waals surface area contributed by atoms with Gasteiger partial charge in [-0.25, -0.2) is 0 Å². The summed E-state index contributed by atoms with van der Waals surface area (Å²) in [5, 5.41) is 0. The molecular formula is C9H19N. The molecule has 0 radical (unpaired) electrons. The second-order valence-corrected chi connectivity index (χ2v) is 2.89. The number of rotatable bonds is 4. The maximum Gasteiger partial charge on any atom is 0.0357 e. The molecule has 0 aromatic rings. The Hall–Kier alpha value is -0.330. The molecule has 0 N–H and O–H groups in total. The van der Waals surface area contributed by atoms with E-state index >= 15 is 0 Å². The Balaban J connectivity index is 3.60. The Morgan fingerprint density at radius 2 is 1.90 bits per heavy atom. The molecule has 60 valence electrons. The summed E-state index contributed by atoms with van der Waals surface area (Å²) in [6, 6.07) is 0. The molecule has 10 heavy (non-hydrogen) atoms. The van der Waals surface area contributed by atoms with Crippen LogP contribution in [0.15, 0.2) is 4.99 Å². The molecule has 1 heteroatoms. The lowest BCUT2D eigenvalue weighted by molar-refractivity contribution is 0.475. The van der Waals surface area contributed by atoms with Gasteiger partial charge in [0.15, 0.2) is 0 Å². The fourth-order valence-electron chi connectivity index (χ4n) is 0.790. The average molecular weight is 141 g/mol. The fourth-order valence-corrected chi connectivity index (χ4v) is 0.790. The van der Waals surface area contributed by atoms with Crippen LogP contribution in [0.4, 0.5) is 0 Å². The number of hydrogen-bond acceptors (Lipinski definition) is 1. The number of nitrogens with zero attached hydrogens (tertiary/aromatic N) is 1. The highest BCUT2D eigenvalue weighted by atomic mass is 14.7. The molecule has 0 amide bonds. The molecule has 1 nitrogen and oxygen atoms in total. The molecule has 0 aromatic heterocycles. The van der Waals surface area contributed by atoms with Crippen molar-refractivity contribution in [3.05, 3.63) is 0 Å². The van der Waals surface area contributed by atoms with Gasteiger partial charge < -0.3 is 0 Å². The van der Waals surface area contributed by atoms with Crippen molar-refractivity contribution in [1.29, 1.82) is 0 Å². The van der Waals surface area contributed by atoms with Crippen molar-refractivity contribution in [3.63, 3.8) is 0 Å². The maximum absolute atomic E-state index is 4.22. The Morgan fingerprint density at radius 3 is 2.30 bits per heavy atom. The summed E-state index contributed by atoms with van der Waals surface area (Å²) in [5.41, 5.74) is 0. The van der Waals surface area contributed by atoms with Gasteiger partial charge in [0, 0.05) is 12.8 Å². The molecule has 0 heterocycles. The highest BCUT2D eigenvalue weighted by Crippen LogP contribution is 2.11. The van der Waals surface area contributed by atoms with Gasteiger partial charge in [-0.3, -0.25) is 4.99 Å². The van der Waals surface area contributed by atoms with Gasteiger partial charge in [0.25, 0.3) is 0 Å². The third-order valence-corrected chi connectivity index (χ3v) is 2.06. The molecule has 0 fully saturated rings. The summed E-state index contributed by atoms with van der Waals surface area (Å²) in [4.78, 5) is 4.22. The molecule has 0 aliphatic rings. The first kappa shape index (κ1) is 9.67. The van der Waals surface area contributed by atoms with Crippen LogP contribution in [0.25, 0.3) is 0 Å². The SMILES string of the molecule is CCN=CC(C)C(C)CC. The molecule has 0 aliphatic heterocycles. The molecule has 0 saturated heterocycles. The Morgan fingerprint density at radius 1 is 1.30 bits per heavy atom. The Kier molecular flexibility index (Phi) is 5.27. The van der Waals surface area contributed by atoms with Crippen LogP contribution in [0.1, 0.15) is 34.1 Å². The lowest BCUT2D eigenvalue weighted by Gasteiger charge is -2.12. The van der Waals surface area contributed by atoms with Crippen molar-refractivity contribution < 1.29 is 0 Å². The minimum atomic E-state index is 0.643. The molecule has 0 spiro atoms. The molecular weight excluding hydrogens is 122 g/mol. The van der Waals surface area contributed by atoms with Crippen molar-refractivity contribution in [3.8, 4) is 0 Å². The van der Waals surface area contributed by atoms with E-state index in [9.17, 15) is 0 Å². The van der Waals surface area contributed by atoms with E-state index in [1.54, 1.807) is 0 Å². The fraction of sp³-hybridized carbons (Fsp3) is 0.889. The second-order valence-electron chi connectivity index (χ2n) is 2.89. The van der Waals surface area contributed by atoms with Gasteiger partial charge in [-0.1, -0.05) is 27.2 Å². The molecule has 2 unspecified atom stereocenters. The molecule has 2 atom stereocenters. The van der Waals surface area contributed by atoms with Crippen LogP contribution in [0.3, 0.4) is 0 Å². The molecule has 0 aromatic carbocycles. The highest BCUT2D eigenvalue weighted by Gasteiger charge is 2.05. The first-order valence-corrected chi connectivity index (χ1v) is 4.22. The van der Waals surface area contributed by atoms with Crippen LogP contribution in [-0.4, -0.2) is 12.8 Å². The lowest BCUT2D eigenvalue weighted by atomic mass is 9.95.